The number of likely N-dealkylation sites (tertiary alicyclic amines) is 1. The van der Waals surface area contributed by atoms with Gasteiger partial charge in [0.1, 0.15) is 0 Å². The Morgan fingerprint density at radius 3 is 2.46 bits per heavy atom. The van der Waals surface area contributed by atoms with Crippen molar-refractivity contribution in [3.05, 3.63) is 57.7 Å². The Morgan fingerprint density at radius 1 is 0.958 bits per heavy atom. The second-order valence-electron chi connectivity index (χ2n) is 6.17. The molecule has 3 nitrogen and oxygen atoms in total. The maximum absolute atomic E-state index is 12.9. The van der Waals surface area contributed by atoms with Gasteiger partial charge in [-0.2, -0.15) is 0 Å². The van der Waals surface area contributed by atoms with Crippen LogP contribution in [0.25, 0.3) is 21.8 Å². The van der Waals surface area contributed by atoms with E-state index < -0.39 is 0 Å². The number of halogens is 1. The van der Waals surface area contributed by atoms with E-state index in [-0.39, 0.29) is 5.43 Å². The number of piperidine rings is 1. The van der Waals surface area contributed by atoms with Gasteiger partial charge < -0.3 is 4.90 Å². The number of fused-ring (bicyclic) bond motifs is 2. The molecule has 2 heterocycles. The van der Waals surface area contributed by atoms with E-state index in [0.29, 0.717) is 15.8 Å². The highest BCUT2D eigenvalue weighted by molar-refractivity contribution is 7.80. The maximum atomic E-state index is 12.9. The first-order valence-electron chi connectivity index (χ1n) is 8.19. The molecule has 1 aliphatic rings. The van der Waals surface area contributed by atoms with E-state index in [1.54, 1.807) is 6.07 Å². The van der Waals surface area contributed by atoms with Gasteiger partial charge in [-0.25, -0.2) is 0 Å². The third-order valence-electron chi connectivity index (χ3n) is 4.65. The summed E-state index contributed by atoms with van der Waals surface area (Å²) in [5.41, 5.74) is 1.67. The van der Waals surface area contributed by atoms with Gasteiger partial charge in [0, 0.05) is 28.9 Å². The number of hydrogen-bond acceptors (Lipinski definition) is 2. The number of thiocarbonyl (C=S) groups is 1. The first-order chi connectivity index (χ1) is 11.7. The van der Waals surface area contributed by atoms with E-state index in [0.717, 1.165) is 42.1 Å². The summed E-state index contributed by atoms with van der Waals surface area (Å²) in [6.07, 6.45) is 3.56. The second kappa shape index (κ2) is 6.19. The third kappa shape index (κ3) is 2.50. The minimum absolute atomic E-state index is 0.000735. The van der Waals surface area contributed by atoms with Gasteiger partial charge in [0.2, 0.25) is 0 Å². The molecule has 1 aromatic heterocycles. The maximum Gasteiger partial charge on any atom is 0.197 e. The van der Waals surface area contributed by atoms with Gasteiger partial charge in [-0.15, -0.1) is 0 Å². The van der Waals surface area contributed by atoms with Crippen LogP contribution in [0.1, 0.15) is 19.3 Å². The first-order valence-corrected chi connectivity index (χ1v) is 8.98. The topological polar surface area (TPSA) is 25.2 Å². The third-order valence-corrected chi connectivity index (χ3v) is 5.33. The summed E-state index contributed by atoms with van der Waals surface area (Å²) in [6.45, 7) is 1.93. The van der Waals surface area contributed by atoms with Crippen molar-refractivity contribution in [1.82, 2.24) is 9.47 Å². The van der Waals surface area contributed by atoms with Crippen molar-refractivity contribution in [3.63, 3.8) is 0 Å². The lowest BCUT2D eigenvalue weighted by atomic mass is 10.1. The number of hydrogen-bond donors (Lipinski definition) is 0. The molecule has 0 unspecified atom stereocenters. The summed E-state index contributed by atoms with van der Waals surface area (Å²) < 4.78 is 2.03. The van der Waals surface area contributed by atoms with Crippen molar-refractivity contribution in [2.75, 3.05) is 13.1 Å². The van der Waals surface area contributed by atoms with Gasteiger partial charge >= 0.3 is 0 Å². The van der Waals surface area contributed by atoms with E-state index in [1.807, 2.05) is 41.0 Å². The first kappa shape index (κ1) is 15.6. The molecule has 0 saturated carbocycles. The highest BCUT2D eigenvalue weighted by atomic mass is 35.5. The van der Waals surface area contributed by atoms with Crippen LogP contribution in [0.5, 0.6) is 0 Å². The van der Waals surface area contributed by atoms with Crippen molar-refractivity contribution >= 4 is 50.7 Å². The molecular formula is C19H17ClN2OS. The summed E-state index contributed by atoms with van der Waals surface area (Å²) in [6, 6.07) is 13.1. The van der Waals surface area contributed by atoms with E-state index in [1.165, 1.54) is 6.42 Å². The predicted molar refractivity (Wildman–Crippen MR) is 104 cm³/mol. The van der Waals surface area contributed by atoms with Crippen molar-refractivity contribution in [2.24, 2.45) is 0 Å². The molecule has 0 amide bonds. The number of para-hydroxylation sites is 1. The SMILES string of the molecule is O=c1c2ccccc2n(C(=S)N2CCCCC2)c2ccc(Cl)cc12. The molecule has 1 fully saturated rings. The lowest BCUT2D eigenvalue weighted by Crippen LogP contribution is -2.39. The molecule has 0 radical (unpaired) electrons. The van der Waals surface area contributed by atoms with E-state index in [2.05, 4.69) is 4.90 Å². The minimum atomic E-state index is 0.000735. The van der Waals surface area contributed by atoms with Gasteiger partial charge in [-0.1, -0.05) is 23.7 Å². The molecule has 0 N–H and O–H groups in total. The monoisotopic (exact) mass is 356 g/mol. The Hall–Kier alpha value is -1.91. The number of pyridine rings is 1. The highest BCUT2D eigenvalue weighted by Gasteiger charge is 2.19. The van der Waals surface area contributed by atoms with Crippen LogP contribution >= 0.6 is 23.8 Å². The molecule has 0 spiro atoms. The lowest BCUT2D eigenvalue weighted by molar-refractivity contribution is 0.340. The molecule has 2 aromatic carbocycles. The summed E-state index contributed by atoms with van der Waals surface area (Å²) in [5.74, 6) is 0. The molecule has 24 heavy (non-hydrogen) atoms. The molecule has 122 valence electrons. The zero-order chi connectivity index (χ0) is 16.7. The zero-order valence-electron chi connectivity index (χ0n) is 13.2. The van der Waals surface area contributed by atoms with Crippen LogP contribution in [0.3, 0.4) is 0 Å². The summed E-state index contributed by atoms with van der Waals surface area (Å²) in [5, 5.41) is 2.61. The highest BCUT2D eigenvalue weighted by Crippen LogP contribution is 2.24. The molecule has 4 rings (SSSR count). The second-order valence-corrected chi connectivity index (χ2v) is 6.98. The lowest BCUT2D eigenvalue weighted by Gasteiger charge is -2.31. The Bertz CT molecular complexity index is 1010. The Labute approximate surface area is 150 Å². The van der Waals surface area contributed by atoms with Crippen LogP contribution in [-0.2, 0) is 0 Å². The average Bonchev–Trinajstić information content (AvgIpc) is 2.63. The Balaban J connectivity index is 2.05. The number of nitrogens with zero attached hydrogens (tertiary/aromatic N) is 2. The Morgan fingerprint density at radius 2 is 1.67 bits per heavy atom. The van der Waals surface area contributed by atoms with Crippen molar-refractivity contribution in [1.29, 1.82) is 0 Å². The van der Waals surface area contributed by atoms with Crippen molar-refractivity contribution < 1.29 is 0 Å². The van der Waals surface area contributed by atoms with Crippen LogP contribution in [-0.4, -0.2) is 27.7 Å². The normalized spacial score (nSPS) is 15.1. The molecule has 1 aliphatic heterocycles. The molecule has 3 aromatic rings. The molecule has 0 atom stereocenters. The summed E-state index contributed by atoms with van der Waals surface area (Å²) >= 11 is 12.0. The summed E-state index contributed by atoms with van der Waals surface area (Å²) in [7, 11) is 0. The average molecular weight is 357 g/mol. The van der Waals surface area contributed by atoms with Gasteiger partial charge in [-0.3, -0.25) is 9.36 Å². The fourth-order valence-electron chi connectivity index (χ4n) is 3.45. The number of rotatable bonds is 0. The minimum Gasteiger partial charge on any atom is -0.349 e. The van der Waals surface area contributed by atoms with E-state index in [9.17, 15) is 4.79 Å². The molecule has 1 saturated heterocycles. The van der Waals surface area contributed by atoms with Crippen LogP contribution in [0, 0.1) is 0 Å². The van der Waals surface area contributed by atoms with E-state index >= 15 is 0 Å². The molecule has 5 heteroatoms. The quantitative estimate of drug-likeness (QED) is 0.440. The predicted octanol–water partition coefficient (Wildman–Crippen LogP) is 4.43. The van der Waals surface area contributed by atoms with Crippen LogP contribution in [0.15, 0.2) is 47.3 Å². The molecule has 0 bridgehead atoms. The van der Waals surface area contributed by atoms with Crippen LogP contribution in [0.2, 0.25) is 5.02 Å². The Kier molecular flexibility index (Phi) is 4.02. The standard InChI is InChI=1S/C19H17ClN2OS/c20-13-8-9-17-15(12-13)18(23)14-6-2-3-7-16(14)22(17)19(24)21-10-4-1-5-11-21/h2-3,6-9,12H,1,4-5,10-11H2. The smallest absolute Gasteiger partial charge is 0.197 e. The fraction of sp³-hybridized carbons (Fsp3) is 0.263. The zero-order valence-corrected chi connectivity index (χ0v) is 14.7. The largest absolute Gasteiger partial charge is 0.349 e. The van der Waals surface area contributed by atoms with Gasteiger partial charge in [0.25, 0.3) is 0 Å². The fourth-order valence-corrected chi connectivity index (χ4v) is 4.00. The molecule has 0 aliphatic carbocycles. The number of aromatic nitrogens is 1. The van der Waals surface area contributed by atoms with Crippen LogP contribution in [0.4, 0.5) is 0 Å². The van der Waals surface area contributed by atoms with Crippen molar-refractivity contribution in [3.8, 4) is 0 Å². The molecular weight excluding hydrogens is 340 g/mol. The van der Waals surface area contributed by atoms with E-state index in [4.69, 9.17) is 23.8 Å². The van der Waals surface area contributed by atoms with Gasteiger partial charge in [-0.05, 0) is 61.8 Å². The van der Waals surface area contributed by atoms with Gasteiger partial charge in [0.05, 0.1) is 11.0 Å². The van der Waals surface area contributed by atoms with Crippen molar-refractivity contribution in [2.45, 2.75) is 19.3 Å². The van der Waals surface area contributed by atoms with Gasteiger partial charge in [0.15, 0.2) is 10.5 Å². The van der Waals surface area contributed by atoms with Crippen LogP contribution < -0.4 is 5.43 Å². The summed E-state index contributed by atoms with van der Waals surface area (Å²) in [4.78, 5) is 15.1. The number of benzene rings is 2.